The van der Waals surface area contributed by atoms with Gasteiger partial charge in [0.25, 0.3) is 0 Å². The number of halogens is 8. The molecule has 13 heteroatoms. The molecule has 36 heavy (non-hydrogen) atoms. The van der Waals surface area contributed by atoms with Crippen molar-refractivity contribution in [1.82, 2.24) is 5.32 Å². The van der Waals surface area contributed by atoms with E-state index < -0.39 is 50.0 Å². The zero-order chi connectivity index (χ0) is 27.2. The summed E-state index contributed by atoms with van der Waals surface area (Å²) >= 11 is 0. The Bertz CT molecular complexity index is 1180. The van der Waals surface area contributed by atoms with Crippen LogP contribution in [0.5, 0.6) is 0 Å². The summed E-state index contributed by atoms with van der Waals surface area (Å²) in [5.74, 6) is -1.09. The minimum atomic E-state index is -6.32. The highest BCUT2D eigenvalue weighted by atomic mass is 32.2. The van der Waals surface area contributed by atoms with Crippen LogP contribution in [0, 0.1) is 5.82 Å². The second kappa shape index (κ2) is 9.31. The number of benzene rings is 2. The van der Waals surface area contributed by atoms with Crippen molar-refractivity contribution in [2.45, 2.75) is 66.3 Å². The van der Waals surface area contributed by atoms with E-state index in [-0.39, 0.29) is 54.2 Å². The number of carbonyl (C=O) groups is 1. The summed E-state index contributed by atoms with van der Waals surface area (Å²) in [6, 6.07) is 5.42. The van der Waals surface area contributed by atoms with Gasteiger partial charge < -0.3 is 5.32 Å². The van der Waals surface area contributed by atoms with Gasteiger partial charge in [0.05, 0.1) is 4.90 Å². The molecule has 198 valence electrons. The molecule has 0 atom stereocenters. The zero-order valence-electron chi connectivity index (χ0n) is 18.7. The Kier molecular flexibility index (Phi) is 7.21. The Morgan fingerprint density at radius 3 is 1.75 bits per heavy atom. The third kappa shape index (κ3) is 4.69. The molecule has 1 saturated carbocycles. The second-order valence-electron chi connectivity index (χ2n) is 8.66. The van der Waals surface area contributed by atoms with E-state index in [1.54, 1.807) is 0 Å². The van der Waals surface area contributed by atoms with Crippen LogP contribution in [0.15, 0.2) is 53.4 Å². The number of rotatable bonds is 5. The van der Waals surface area contributed by atoms with Crippen molar-refractivity contribution in [3.05, 3.63) is 65.5 Å². The van der Waals surface area contributed by atoms with Crippen LogP contribution in [0.25, 0.3) is 0 Å². The summed E-state index contributed by atoms with van der Waals surface area (Å²) in [4.78, 5) is 11.1. The first-order chi connectivity index (χ1) is 16.5. The molecule has 1 aliphatic carbocycles. The zero-order valence-corrected chi connectivity index (χ0v) is 19.5. The van der Waals surface area contributed by atoms with Crippen molar-refractivity contribution in [2.75, 3.05) is 0 Å². The number of amides is 1. The molecule has 0 unspecified atom stereocenters. The lowest BCUT2D eigenvalue weighted by Gasteiger charge is -2.40. The summed E-state index contributed by atoms with van der Waals surface area (Å²) in [6.45, 7) is 1.26. The molecular formula is C23H21F8NO3S. The minimum absolute atomic E-state index is 0.125. The molecule has 3 rings (SSSR count). The van der Waals surface area contributed by atoms with Crippen LogP contribution in [-0.2, 0) is 25.0 Å². The molecule has 1 aliphatic rings. The van der Waals surface area contributed by atoms with E-state index in [4.69, 9.17) is 0 Å². The van der Waals surface area contributed by atoms with Gasteiger partial charge in [-0.25, -0.2) is 17.2 Å². The van der Waals surface area contributed by atoms with E-state index in [9.17, 15) is 48.3 Å². The van der Waals surface area contributed by atoms with Crippen molar-refractivity contribution in [3.63, 3.8) is 0 Å². The fourth-order valence-electron chi connectivity index (χ4n) is 4.56. The molecule has 1 N–H and O–H groups in total. The maximum Gasteiger partial charge on any atom is 0.435 e. The number of nitrogens with one attached hydrogen (secondary N) is 1. The van der Waals surface area contributed by atoms with Gasteiger partial charge >= 0.3 is 18.0 Å². The predicted octanol–water partition coefficient (Wildman–Crippen LogP) is 5.86. The monoisotopic (exact) mass is 543 g/mol. The van der Waals surface area contributed by atoms with Gasteiger partial charge in [-0.2, -0.15) is 26.3 Å². The average molecular weight is 543 g/mol. The highest BCUT2D eigenvalue weighted by Gasteiger charge is 2.73. The number of sulfone groups is 1. The molecule has 2 aromatic carbocycles. The molecule has 0 aromatic heterocycles. The van der Waals surface area contributed by atoms with Crippen molar-refractivity contribution in [3.8, 4) is 0 Å². The first-order valence-corrected chi connectivity index (χ1v) is 12.1. The third-order valence-corrected chi connectivity index (χ3v) is 8.99. The van der Waals surface area contributed by atoms with Crippen molar-refractivity contribution in [1.29, 1.82) is 0 Å². The lowest BCUT2D eigenvalue weighted by atomic mass is 9.80. The van der Waals surface area contributed by atoms with E-state index in [1.165, 1.54) is 6.92 Å². The van der Waals surface area contributed by atoms with Gasteiger partial charge in [0.1, 0.15) is 10.6 Å². The lowest BCUT2D eigenvalue weighted by Crippen LogP contribution is -2.50. The van der Waals surface area contributed by atoms with Gasteiger partial charge in [-0.15, -0.1) is 0 Å². The van der Waals surface area contributed by atoms with Gasteiger partial charge in [-0.3, -0.25) is 4.79 Å². The Labute approximate surface area is 201 Å². The van der Waals surface area contributed by atoms with Gasteiger partial charge in [-0.1, -0.05) is 24.3 Å². The van der Waals surface area contributed by atoms with Crippen molar-refractivity contribution >= 4 is 15.7 Å². The first-order valence-electron chi connectivity index (χ1n) is 10.7. The summed E-state index contributed by atoms with van der Waals surface area (Å²) in [6.07, 6.45) is -12.7. The SMILES string of the molecule is CC(=O)N[C@H]1CC[C@@](c2ccc(C(F)(C(F)(F)F)C(F)(F)F)cc2)(S(=O)(=O)c2ccc(F)cc2)CC1. The second-order valence-corrected chi connectivity index (χ2v) is 10.9. The molecule has 1 fully saturated rings. The number of hydrogen-bond donors (Lipinski definition) is 1. The van der Waals surface area contributed by atoms with Gasteiger partial charge in [0, 0.05) is 18.5 Å². The maximum atomic E-state index is 14.5. The maximum absolute atomic E-state index is 14.5. The highest BCUT2D eigenvalue weighted by Crippen LogP contribution is 2.54. The van der Waals surface area contributed by atoms with Crippen molar-refractivity contribution < 1.29 is 48.3 Å². The van der Waals surface area contributed by atoms with E-state index in [0.717, 1.165) is 36.4 Å². The molecule has 2 aromatic rings. The van der Waals surface area contributed by atoms with E-state index in [0.29, 0.717) is 0 Å². The number of carbonyl (C=O) groups excluding carboxylic acids is 1. The molecule has 0 aliphatic heterocycles. The van der Waals surface area contributed by atoms with Gasteiger partial charge in [-0.05, 0) is 55.5 Å². The predicted molar refractivity (Wildman–Crippen MR) is 113 cm³/mol. The van der Waals surface area contributed by atoms with Crippen LogP contribution in [0.1, 0.15) is 43.7 Å². The first kappa shape index (κ1) is 27.9. The van der Waals surface area contributed by atoms with Gasteiger partial charge in [0.2, 0.25) is 5.91 Å². The van der Waals surface area contributed by atoms with E-state index >= 15 is 0 Å². The topological polar surface area (TPSA) is 63.2 Å². The fraction of sp³-hybridized carbons (Fsp3) is 0.435. The summed E-state index contributed by atoms with van der Waals surface area (Å²) < 4.78 is 132. The summed E-state index contributed by atoms with van der Waals surface area (Å²) in [5.41, 5.74) is -7.55. The molecule has 1 amide bonds. The molecule has 0 bridgehead atoms. The van der Waals surface area contributed by atoms with E-state index in [1.807, 2.05) is 0 Å². The summed E-state index contributed by atoms with van der Waals surface area (Å²) in [7, 11) is -4.37. The molecule has 0 heterocycles. The Balaban J connectivity index is 2.13. The van der Waals surface area contributed by atoms with Crippen LogP contribution >= 0.6 is 0 Å². The summed E-state index contributed by atoms with van der Waals surface area (Å²) in [5, 5.41) is 2.65. The number of alkyl halides is 7. The molecule has 0 spiro atoms. The molecular weight excluding hydrogens is 522 g/mol. The van der Waals surface area contributed by atoms with Crippen LogP contribution in [0.2, 0.25) is 0 Å². The largest absolute Gasteiger partial charge is 0.435 e. The van der Waals surface area contributed by atoms with Crippen LogP contribution in [0.4, 0.5) is 35.1 Å². The smallest absolute Gasteiger partial charge is 0.354 e. The fourth-order valence-corrected chi connectivity index (χ4v) is 6.72. The lowest BCUT2D eigenvalue weighted by molar-refractivity contribution is -0.348. The normalized spacial score (nSPS) is 21.8. The molecule has 4 nitrogen and oxygen atoms in total. The minimum Gasteiger partial charge on any atom is -0.354 e. The third-order valence-electron chi connectivity index (χ3n) is 6.43. The molecule has 0 radical (unpaired) electrons. The van der Waals surface area contributed by atoms with Crippen LogP contribution in [-0.4, -0.2) is 32.7 Å². The van der Waals surface area contributed by atoms with E-state index in [2.05, 4.69) is 5.32 Å². The quantitative estimate of drug-likeness (QED) is 0.380. The Morgan fingerprint density at radius 1 is 0.861 bits per heavy atom. The van der Waals surface area contributed by atoms with Crippen LogP contribution < -0.4 is 5.32 Å². The van der Waals surface area contributed by atoms with Crippen LogP contribution in [0.3, 0.4) is 0 Å². The highest BCUT2D eigenvalue weighted by molar-refractivity contribution is 7.92. The number of hydrogen-bond acceptors (Lipinski definition) is 3. The Morgan fingerprint density at radius 2 is 1.33 bits per heavy atom. The standard InChI is InChI=1S/C23H21F8NO3S/c1-14(33)32-18-10-12-20(13-11-18,36(34,35)19-8-6-17(24)7-9-19)15-2-4-16(5-3-15)21(25,22(26,27)28)23(29,30)31/h2-9,18H,10-13H2,1H3,(H,32,33)/t18-,20+. The Hall–Kier alpha value is -2.70. The molecule has 0 saturated heterocycles. The average Bonchev–Trinajstić information content (AvgIpc) is 2.77. The van der Waals surface area contributed by atoms with Crippen molar-refractivity contribution in [2.24, 2.45) is 0 Å². The van der Waals surface area contributed by atoms with Gasteiger partial charge in [0.15, 0.2) is 9.84 Å².